The van der Waals surface area contributed by atoms with Gasteiger partial charge in [-0.2, -0.15) is 0 Å². The number of amides is 1. The fourth-order valence-electron chi connectivity index (χ4n) is 2.53. The maximum Gasteiger partial charge on any atom is 0.246 e. The van der Waals surface area contributed by atoms with Gasteiger partial charge in [0.15, 0.2) is 5.76 Å². The zero-order chi connectivity index (χ0) is 18.6. The third kappa shape index (κ3) is 4.67. The minimum Gasteiger partial charge on any atom is -0.360 e. The SMILES string of the molecule is Cc1noc(C)c1S(=O)(=O)NCC(=O)N(Cc1ccccc1)C(C)C. The van der Waals surface area contributed by atoms with E-state index >= 15 is 0 Å². The average Bonchev–Trinajstić information content (AvgIpc) is 2.90. The van der Waals surface area contributed by atoms with E-state index in [1.807, 2.05) is 44.2 Å². The first-order valence-corrected chi connectivity index (χ1v) is 9.46. The van der Waals surface area contributed by atoms with Gasteiger partial charge >= 0.3 is 0 Å². The summed E-state index contributed by atoms with van der Waals surface area (Å²) in [5.74, 6) is -0.100. The van der Waals surface area contributed by atoms with Crippen molar-refractivity contribution in [3.05, 3.63) is 47.3 Å². The molecule has 25 heavy (non-hydrogen) atoms. The van der Waals surface area contributed by atoms with E-state index in [1.54, 1.807) is 11.8 Å². The minimum absolute atomic E-state index is 0.0144. The lowest BCUT2D eigenvalue weighted by atomic mass is 10.2. The van der Waals surface area contributed by atoms with Crippen LogP contribution in [-0.4, -0.2) is 37.0 Å². The van der Waals surface area contributed by atoms with E-state index in [-0.39, 0.29) is 34.8 Å². The summed E-state index contributed by atoms with van der Waals surface area (Å²) in [6, 6.07) is 9.50. The van der Waals surface area contributed by atoms with Crippen molar-refractivity contribution in [2.75, 3.05) is 6.54 Å². The van der Waals surface area contributed by atoms with Gasteiger partial charge in [0.2, 0.25) is 15.9 Å². The summed E-state index contributed by atoms with van der Waals surface area (Å²) < 4.78 is 32.1. The predicted molar refractivity (Wildman–Crippen MR) is 93.3 cm³/mol. The summed E-state index contributed by atoms with van der Waals surface area (Å²) in [5, 5.41) is 3.64. The topological polar surface area (TPSA) is 92.5 Å². The summed E-state index contributed by atoms with van der Waals surface area (Å²) in [7, 11) is -3.86. The summed E-state index contributed by atoms with van der Waals surface area (Å²) >= 11 is 0. The largest absolute Gasteiger partial charge is 0.360 e. The number of hydrogen-bond donors (Lipinski definition) is 1. The smallest absolute Gasteiger partial charge is 0.246 e. The number of hydrogen-bond acceptors (Lipinski definition) is 5. The molecule has 0 unspecified atom stereocenters. The first-order chi connectivity index (χ1) is 11.7. The molecule has 0 radical (unpaired) electrons. The van der Waals surface area contributed by atoms with Gasteiger partial charge in [-0.15, -0.1) is 0 Å². The maximum absolute atomic E-state index is 12.5. The van der Waals surface area contributed by atoms with Gasteiger partial charge in [-0.05, 0) is 33.3 Å². The summed E-state index contributed by atoms with van der Waals surface area (Å²) in [6.45, 7) is 6.95. The molecule has 0 saturated heterocycles. The monoisotopic (exact) mass is 365 g/mol. The van der Waals surface area contributed by atoms with Gasteiger partial charge in [0.25, 0.3) is 0 Å². The molecule has 2 rings (SSSR count). The Morgan fingerprint density at radius 2 is 1.88 bits per heavy atom. The number of carbonyl (C=O) groups excluding carboxylic acids is 1. The van der Waals surface area contributed by atoms with Crippen LogP contribution in [0.25, 0.3) is 0 Å². The zero-order valence-corrected chi connectivity index (χ0v) is 15.6. The molecular weight excluding hydrogens is 342 g/mol. The highest BCUT2D eigenvalue weighted by Crippen LogP contribution is 2.18. The molecule has 0 bridgehead atoms. The Bertz CT molecular complexity index is 809. The van der Waals surface area contributed by atoms with E-state index < -0.39 is 10.0 Å². The van der Waals surface area contributed by atoms with Crippen LogP contribution in [0.2, 0.25) is 0 Å². The van der Waals surface area contributed by atoms with Crippen LogP contribution in [0.5, 0.6) is 0 Å². The normalized spacial score (nSPS) is 11.7. The molecular formula is C17H23N3O4S. The lowest BCUT2D eigenvalue weighted by Gasteiger charge is -2.27. The van der Waals surface area contributed by atoms with E-state index in [9.17, 15) is 13.2 Å². The standard InChI is InChI=1S/C17H23N3O4S/c1-12(2)20(11-15-8-6-5-7-9-15)16(21)10-18-25(22,23)17-13(3)19-24-14(17)4/h5-9,12,18H,10-11H2,1-4H3. The zero-order valence-electron chi connectivity index (χ0n) is 14.8. The molecule has 2 aromatic rings. The summed E-state index contributed by atoms with van der Waals surface area (Å²) in [4.78, 5) is 14.2. The molecule has 0 aliphatic carbocycles. The van der Waals surface area contributed by atoms with E-state index in [1.165, 1.54) is 6.92 Å². The Labute approximate surface area is 148 Å². The molecule has 1 N–H and O–H groups in total. The first kappa shape index (κ1) is 19.1. The highest BCUT2D eigenvalue weighted by molar-refractivity contribution is 7.89. The molecule has 0 aliphatic rings. The number of sulfonamides is 1. The van der Waals surface area contributed by atoms with Crippen molar-refractivity contribution in [2.24, 2.45) is 0 Å². The molecule has 0 spiro atoms. The number of nitrogens with zero attached hydrogens (tertiary/aromatic N) is 2. The predicted octanol–water partition coefficient (Wildman–Crippen LogP) is 2.01. The molecule has 8 heteroatoms. The molecule has 1 aromatic carbocycles. The van der Waals surface area contributed by atoms with Gasteiger partial charge in [0.05, 0.1) is 6.54 Å². The second kappa shape index (κ2) is 7.79. The number of rotatable bonds is 7. The van der Waals surface area contributed by atoms with Crippen molar-refractivity contribution in [3.63, 3.8) is 0 Å². The Balaban J connectivity index is 2.09. The molecule has 0 aliphatic heterocycles. The van der Waals surface area contributed by atoms with Crippen LogP contribution in [0, 0.1) is 13.8 Å². The van der Waals surface area contributed by atoms with Crippen molar-refractivity contribution < 1.29 is 17.7 Å². The van der Waals surface area contributed by atoms with Crippen LogP contribution in [-0.2, 0) is 21.4 Å². The van der Waals surface area contributed by atoms with E-state index in [0.29, 0.717) is 6.54 Å². The van der Waals surface area contributed by atoms with Crippen LogP contribution in [0.3, 0.4) is 0 Å². The van der Waals surface area contributed by atoms with Crippen LogP contribution in [0.4, 0.5) is 0 Å². The van der Waals surface area contributed by atoms with Crippen LogP contribution in [0.1, 0.15) is 30.9 Å². The van der Waals surface area contributed by atoms with Crippen LogP contribution < -0.4 is 4.72 Å². The highest BCUT2D eigenvalue weighted by atomic mass is 32.2. The number of benzene rings is 1. The third-order valence-electron chi connectivity index (χ3n) is 3.79. The van der Waals surface area contributed by atoms with Crippen molar-refractivity contribution in [2.45, 2.75) is 45.2 Å². The summed E-state index contributed by atoms with van der Waals surface area (Å²) in [6.07, 6.45) is 0. The van der Waals surface area contributed by atoms with Gasteiger partial charge in [0.1, 0.15) is 10.6 Å². The van der Waals surface area contributed by atoms with Crippen molar-refractivity contribution >= 4 is 15.9 Å². The molecule has 1 amide bonds. The Kier molecular flexibility index (Phi) is 5.97. The van der Waals surface area contributed by atoms with Gasteiger partial charge in [-0.1, -0.05) is 35.5 Å². The minimum atomic E-state index is -3.86. The first-order valence-electron chi connectivity index (χ1n) is 7.98. The second-order valence-corrected chi connectivity index (χ2v) is 7.78. The molecule has 0 fully saturated rings. The van der Waals surface area contributed by atoms with Crippen molar-refractivity contribution in [1.29, 1.82) is 0 Å². The van der Waals surface area contributed by atoms with Crippen molar-refractivity contribution in [1.82, 2.24) is 14.8 Å². The Morgan fingerprint density at radius 1 is 1.24 bits per heavy atom. The van der Waals surface area contributed by atoms with E-state index in [2.05, 4.69) is 9.88 Å². The van der Waals surface area contributed by atoms with Gasteiger partial charge in [-0.25, -0.2) is 13.1 Å². The number of aryl methyl sites for hydroxylation is 2. The molecule has 0 saturated carbocycles. The quantitative estimate of drug-likeness (QED) is 0.810. The van der Waals surface area contributed by atoms with Gasteiger partial charge in [-0.3, -0.25) is 4.79 Å². The Morgan fingerprint density at radius 3 is 2.40 bits per heavy atom. The highest BCUT2D eigenvalue weighted by Gasteiger charge is 2.26. The van der Waals surface area contributed by atoms with Crippen LogP contribution >= 0.6 is 0 Å². The number of aromatic nitrogens is 1. The second-order valence-electron chi connectivity index (χ2n) is 6.08. The number of nitrogens with one attached hydrogen (secondary N) is 1. The maximum atomic E-state index is 12.5. The molecule has 0 atom stereocenters. The molecule has 1 heterocycles. The van der Waals surface area contributed by atoms with E-state index in [4.69, 9.17) is 4.52 Å². The average molecular weight is 365 g/mol. The van der Waals surface area contributed by atoms with Crippen molar-refractivity contribution in [3.8, 4) is 0 Å². The van der Waals surface area contributed by atoms with E-state index in [0.717, 1.165) is 5.56 Å². The fourth-order valence-corrected chi connectivity index (χ4v) is 3.83. The van der Waals surface area contributed by atoms with Gasteiger partial charge in [0, 0.05) is 12.6 Å². The molecule has 7 nitrogen and oxygen atoms in total. The van der Waals surface area contributed by atoms with Gasteiger partial charge < -0.3 is 9.42 Å². The lowest BCUT2D eigenvalue weighted by molar-refractivity contribution is -0.132. The summed E-state index contributed by atoms with van der Waals surface area (Å²) in [5.41, 5.74) is 1.25. The fraction of sp³-hybridized carbons (Fsp3) is 0.412. The molecule has 1 aromatic heterocycles. The number of carbonyl (C=O) groups is 1. The Hall–Kier alpha value is -2.19. The molecule has 136 valence electrons. The lowest BCUT2D eigenvalue weighted by Crippen LogP contribution is -2.43. The third-order valence-corrected chi connectivity index (χ3v) is 5.43. The van der Waals surface area contributed by atoms with Crippen LogP contribution in [0.15, 0.2) is 39.8 Å².